The highest BCUT2D eigenvalue weighted by Crippen LogP contribution is 2.30. The summed E-state index contributed by atoms with van der Waals surface area (Å²) in [7, 11) is 0. The van der Waals surface area contributed by atoms with Crippen LogP contribution in [0, 0.1) is 5.92 Å². The number of aliphatic hydroxyl groups is 1. The minimum atomic E-state index is -0.465. The largest absolute Gasteiger partial charge is 0.386 e. The lowest BCUT2D eigenvalue weighted by Gasteiger charge is -2.24. The standard InChI is InChI=1S/C17H26O2/c1-3-7-13(2)12-19-16-11-6-9-14-8-4-5-10-15(14)17(16)18/h4-5,8,10,13,16-18H,3,6-7,9,11-12H2,1-2H3. The summed E-state index contributed by atoms with van der Waals surface area (Å²) >= 11 is 0. The highest BCUT2D eigenvalue weighted by atomic mass is 16.5. The van der Waals surface area contributed by atoms with E-state index in [0.717, 1.165) is 31.4 Å². The van der Waals surface area contributed by atoms with Gasteiger partial charge in [0.05, 0.1) is 6.10 Å². The predicted octanol–water partition coefficient (Wildman–Crippen LogP) is 3.88. The lowest BCUT2D eigenvalue weighted by molar-refractivity contribution is -0.0528. The molecular formula is C17H26O2. The van der Waals surface area contributed by atoms with E-state index in [9.17, 15) is 5.11 Å². The minimum absolute atomic E-state index is 0.0389. The van der Waals surface area contributed by atoms with Gasteiger partial charge in [-0.3, -0.25) is 0 Å². The van der Waals surface area contributed by atoms with Crippen molar-refractivity contribution in [2.24, 2.45) is 5.92 Å². The second-order valence-corrected chi connectivity index (χ2v) is 5.80. The van der Waals surface area contributed by atoms with Crippen LogP contribution in [0.25, 0.3) is 0 Å². The SMILES string of the molecule is CCCC(C)COC1CCCc2ccccc2C1O. The maximum atomic E-state index is 10.5. The Morgan fingerprint density at radius 3 is 2.95 bits per heavy atom. The molecular weight excluding hydrogens is 236 g/mol. The van der Waals surface area contributed by atoms with Crippen molar-refractivity contribution in [1.82, 2.24) is 0 Å². The molecule has 0 aliphatic heterocycles. The van der Waals surface area contributed by atoms with Crippen LogP contribution in [0.3, 0.4) is 0 Å². The second kappa shape index (κ2) is 7.06. The summed E-state index contributed by atoms with van der Waals surface area (Å²) in [4.78, 5) is 0. The van der Waals surface area contributed by atoms with Crippen molar-refractivity contribution >= 4 is 0 Å². The van der Waals surface area contributed by atoms with Gasteiger partial charge in [-0.25, -0.2) is 0 Å². The first-order valence-electron chi connectivity index (χ1n) is 7.59. The molecule has 0 heterocycles. The van der Waals surface area contributed by atoms with Gasteiger partial charge < -0.3 is 9.84 Å². The first-order valence-corrected chi connectivity index (χ1v) is 7.59. The lowest BCUT2D eigenvalue weighted by atomic mass is 10.00. The van der Waals surface area contributed by atoms with Crippen LogP contribution in [0.2, 0.25) is 0 Å². The number of hydrogen-bond donors (Lipinski definition) is 1. The molecule has 1 aromatic rings. The molecule has 2 nitrogen and oxygen atoms in total. The Morgan fingerprint density at radius 1 is 1.37 bits per heavy atom. The van der Waals surface area contributed by atoms with Crippen molar-refractivity contribution in [3.05, 3.63) is 35.4 Å². The molecule has 3 atom stereocenters. The average Bonchev–Trinajstić information content (AvgIpc) is 2.57. The van der Waals surface area contributed by atoms with Crippen LogP contribution in [0.1, 0.15) is 56.8 Å². The van der Waals surface area contributed by atoms with Crippen molar-refractivity contribution in [1.29, 1.82) is 0 Å². The zero-order valence-corrected chi connectivity index (χ0v) is 12.1. The van der Waals surface area contributed by atoms with Crippen LogP contribution >= 0.6 is 0 Å². The molecule has 2 rings (SSSR count). The third kappa shape index (κ3) is 3.80. The first kappa shape index (κ1) is 14.5. The summed E-state index contributed by atoms with van der Waals surface area (Å²) < 4.78 is 6.00. The third-order valence-electron chi connectivity index (χ3n) is 4.04. The molecule has 0 bridgehead atoms. The lowest BCUT2D eigenvalue weighted by Crippen LogP contribution is -2.24. The van der Waals surface area contributed by atoms with Gasteiger partial charge in [0.1, 0.15) is 6.10 Å². The monoisotopic (exact) mass is 262 g/mol. The normalized spacial score (nSPS) is 24.6. The van der Waals surface area contributed by atoms with Crippen molar-refractivity contribution in [2.75, 3.05) is 6.61 Å². The summed E-state index contributed by atoms with van der Waals surface area (Å²) in [6, 6.07) is 8.22. The zero-order chi connectivity index (χ0) is 13.7. The van der Waals surface area contributed by atoms with Gasteiger partial charge in [0.15, 0.2) is 0 Å². The fourth-order valence-electron chi connectivity index (χ4n) is 2.94. The van der Waals surface area contributed by atoms with E-state index in [0.29, 0.717) is 5.92 Å². The van der Waals surface area contributed by atoms with Gasteiger partial charge in [0.2, 0.25) is 0 Å². The van der Waals surface area contributed by atoms with Gasteiger partial charge >= 0.3 is 0 Å². The topological polar surface area (TPSA) is 29.5 Å². The number of rotatable bonds is 5. The Morgan fingerprint density at radius 2 is 2.16 bits per heavy atom. The number of aryl methyl sites for hydroxylation is 1. The van der Waals surface area contributed by atoms with Crippen molar-refractivity contribution < 1.29 is 9.84 Å². The molecule has 0 spiro atoms. The van der Waals surface area contributed by atoms with Crippen LogP contribution in [-0.4, -0.2) is 17.8 Å². The third-order valence-corrected chi connectivity index (χ3v) is 4.04. The second-order valence-electron chi connectivity index (χ2n) is 5.80. The van der Waals surface area contributed by atoms with Gasteiger partial charge in [-0.15, -0.1) is 0 Å². The van der Waals surface area contributed by atoms with Gasteiger partial charge in [-0.1, -0.05) is 44.5 Å². The fraction of sp³-hybridized carbons (Fsp3) is 0.647. The average molecular weight is 262 g/mol. The highest BCUT2D eigenvalue weighted by Gasteiger charge is 2.26. The molecule has 0 radical (unpaired) electrons. The minimum Gasteiger partial charge on any atom is -0.386 e. The maximum absolute atomic E-state index is 10.5. The van der Waals surface area contributed by atoms with E-state index >= 15 is 0 Å². The number of ether oxygens (including phenoxy) is 1. The van der Waals surface area contributed by atoms with E-state index in [1.54, 1.807) is 0 Å². The van der Waals surface area contributed by atoms with Crippen molar-refractivity contribution in [3.8, 4) is 0 Å². The molecule has 19 heavy (non-hydrogen) atoms. The molecule has 2 heteroatoms. The Labute approximate surface area is 116 Å². The van der Waals surface area contributed by atoms with Gasteiger partial charge in [0, 0.05) is 6.61 Å². The molecule has 1 aliphatic carbocycles. The van der Waals surface area contributed by atoms with E-state index < -0.39 is 6.10 Å². The van der Waals surface area contributed by atoms with Crippen LogP contribution in [0.5, 0.6) is 0 Å². The molecule has 0 saturated carbocycles. The summed E-state index contributed by atoms with van der Waals surface area (Å²) in [5.74, 6) is 0.579. The number of fused-ring (bicyclic) bond motifs is 1. The first-order chi connectivity index (χ1) is 9.22. The van der Waals surface area contributed by atoms with Gasteiger partial charge in [-0.2, -0.15) is 0 Å². The number of hydrogen-bond acceptors (Lipinski definition) is 2. The van der Waals surface area contributed by atoms with E-state index in [-0.39, 0.29) is 6.10 Å². The Hall–Kier alpha value is -0.860. The molecule has 1 aromatic carbocycles. The van der Waals surface area contributed by atoms with Crippen LogP contribution < -0.4 is 0 Å². The summed E-state index contributed by atoms with van der Waals surface area (Å²) in [6.07, 6.45) is 4.99. The Kier molecular flexibility index (Phi) is 5.41. The maximum Gasteiger partial charge on any atom is 0.105 e. The molecule has 106 valence electrons. The Bertz CT molecular complexity index is 389. The zero-order valence-electron chi connectivity index (χ0n) is 12.1. The number of aliphatic hydroxyl groups excluding tert-OH is 1. The predicted molar refractivity (Wildman–Crippen MR) is 78.2 cm³/mol. The van der Waals surface area contributed by atoms with Crippen LogP contribution in [0.4, 0.5) is 0 Å². The van der Waals surface area contributed by atoms with Crippen LogP contribution in [0.15, 0.2) is 24.3 Å². The van der Waals surface area contributed by atoms with E-state index in [2.05, 4.69) is 26.0 Å². The molecule has 1 aliphatic rings. The summed E-state index contributed by atoms with van der Waals surface area (Å²) in [5.41, 5.74) is 2.34. The fourth-order valence-corrected chi connectivity index (χ4v) is 2.94. The van der Waals surface area contributed by atoms with E-state index in [1.165, 1.54) is 18.4 Å². The van der Waals surface area contributed by atoms with Crippen molar-refractivity contribution in [2.45, 2.75) is 58.2 Å². The molecule has 3 unspecified atom stereocenters. The molecule has 0 amide bonds. The molecule has 1 N–H and O–H groups in total. The van der Waals surface area contributed by atoms with Crippen molar-refractivity contribution in [3.63, 3.8) is 0 Å². The molecule has 0 aromatic heterocycles. The van der Waals surface area contributed by atoms with Gasteiger partial charge in [0.25, 0.3) is 0 Å². The summed E-state index contributed by atoms with van der Waals surface area (Å²) in [5, 5.41) is 10.5. The number of benzene rings is 1. The van der Waals surface area contributed by atoms with Crippen LogP contribution in [-0.2, 0) is 11.2 Å². The summed E-state index contributed by atoms with van der Waals surface area (Å²) in [6.45, 7) is 5.19. The van der Waals surface area contributed by atoms with E-state index in [4.69, 9.17) is 4.74 Å². The Balaban J connectivity index is 1.99. The highest BCUT2D eigenvalue weighted by molar-refractivity contribution is 5.30. The quantitative estimate of drug-likeness (QED) is 0.816. The molecule has 0 fully saturated rings. The smallest absolute Gasteiger partial charge is 0.105 e. The van der Waals surface area contributed by atoms with Gasteiger partial charge in [-0.05, 0) is 42.7 Å². The molecule has 0 saturated heterocycles. The van der Waals surface area contributed by atoms with E-state index in [1.807, 2.05) is 12.1 Å².